The molecule has 2 saturated heterocycles. The van der Waals surface area contributed by atoms with Gasteiger partial charge in [-0.05, 0) is 56.2 Å². The number of hydrogen-bond acceptors (Lipinski definition) is 10. The Morgan fingerprint density at radius 2 is 1.94 bits per heavy atom. The van der Waals surface area contributed by atoms with Crippen LogP contribution in [0.2, 0.25) is 10.0 Å². The Morgan fingerprint density at radius 3 is 2.62 bits per heavy atom. The largest absolute Gasteiger partial charge is 0.495 e. The molecule has 2 fully saturated rings. The van der Waals surface area contributed by atoms with Gasteiger partial charge in [0, 0.05) is 32.2 Å². The molecule has 3 heterocycles. The van der Waals surface area contributed by atoms with E-state index in [0.717, 1.165) is 11.1 Å². The number of ether oxygens (including phenoxy) is 5. The molecule has 50 heavy (non-hydrogen) atoms. The summed E-state index contributed by atoms with van der Waals surface area (Å²) in [5.41, 5.74) is 5.58. The number of hydrogen-bond donors (Lipinski definition) is 4. The molecule has 7 atom stereocenters. The Kier molecular flexibility index (Phi) is 10.9. The maximum absolute atomic E-state index is 14.0. The molecule has 0 aromatic heterocycles. The van der Waals surface area contributed by atoms with Crippen molar-refractivity contribution in [2.45, 2.75) is 75.8 Å². The molecule has 0 radical (unpaired) electrons. The summed E-state index contributed by atoms with van der Waals surface area (Å²) in [4.78, 5) is 41.5. The third-order valence-corrected chi connectivity index (χ3v) is 10.2. The van der Waals surface area contributed by atoms with Crippen molar-refractivity contribution in [2.75, 3.05) is 37.2 Å². The Balaban J connectivity index is 1.54. The second-order valence-corrected chi connectivity index (χ2v) is 13.8. The Hall–Kier alpha value is -4.01. The van der Waals surface area contributed by atoms with Crippen LogP contribution in [-0.2, 0) is 30.2 Å². The number of allylic oxidation sites excluding steroid dienone is 3. The molecular weight excluding hydrogens is 691 g/mol. The highest BCUT2D eigenvalue weighted by Gasteiger charge is 2.64. The van der Waals surface area contributed by atoms with Crippen LogP contribution < -0.4 is 26.0 Å². The molecule has 3 amide bonds. The molecule has 3 aliphatic rings. The minimum Gasteiger partial charge on any atom is -0.495 e. The summed E-state index contributed by atoms with van der Waals surface area (Å²) in [6, 6.07) is 8.14. The molecule has 2 aromatic rings. The van der Waals surface area contributed by atoms with Crippen molar-refractivity contribution in [3.05, 3.63) is 69.7 Å². The van der Waals surface area contributed by atoms with Crippen LogP contribution in [0.4, 0.5) is 26.7 Å². The van der Waals surface area contributed by atoms with Gasteiger partial charge in [-0.1, -0.05) is 53.9 Å². The predicted molar refractivity (Wildman–Crippen MR) is 189 cm³/mol. The van der Waals surface area contributed by atoms with E-state index in [-0.39, 0.29) is 22.9 Å². The zero-order valence-corrected chi connectivity index (χ0v) is 30.1. The van der Waals surface area contributed by atoms with Crippen LogP contribution in [-0.4, -0.2) is 80.2 Å². The Labute approximate surface area is 300 Å². The summed E-state index contributed by atoms with van der Waals surface area (Å²) in [5, 5.41) is 17.3. The number of anilines is 3. The van der Waals surface area contributed by atoms with Crippen LogP contribution >= 0.6 is 23.2 Å². The summed E-state index contributed by atoms with van der Waals surface area (Å²) in [6.07, 6.45) is 0.125. The Morgan fingerprint density at radius 1 is 1.20 bits per heavy atom. The van der Waals surface area contributed by atoms with Crippen LogP contribution in [0.5, 0.6) is 5.75 Å². The van der Waals surface area contributed by atoms with Crippen LogP contribution in [0, 0.1) is 5.92 Å². The standard InChI is InChI=1S/C35H42Cl2N4O9/c1-18-8-7-9-27(47-6)35(45)17-26(48-33(44)40-35)19(2)31-34(3,50-31)28(49-32(43)39-21-10-11-23(38)22(36)15-21)16-29(42)41(4)24-13-20(12-18)14-25(46-5)30(24)37/h7-11,13-15,19,26-28,31,45H,12,16-17,38H2,1-6H3,(H,39,43)(H,40,44)/b9-7+,18-8+/t19-,26+,27-,28+,31+,34+,35+/m1/s1. The number of nitrogens with two attached hydrogens (primary N) is 1. The highest BCUT2D eigenvalue weighted by molar-refractivity contribution is 6.35. The van der Waals surface area contributed by atoms with Crippen LogP contribution in [0.25, 0.3) is 0 Å². The first kappa shape index (κ1) is 37.3. The summed E-state index contributed by atoms with van der Waals surface area (Å²) < 4.78 is 28.9. The van der Waals surface area contributed by atoms with Gasteiger partial charge in [-0.3, -0.25) is 15.4 Å². The fraction of sp³-hybridized carbons (Fsp3) is 0.457. The Bertz CT molecular complexity index is 1720. The minimum atomic E-state index is -1.82. The number of rotatable bonds is 4. The lowest BCUT2D eigenvalue weighted by molar-refractivity contribution is -0.142. The lowest BCUT2D eigenvalue weighted by atomic mass is 9.83. The van der Waals surface area contributed by atoms with Crippen molar-refractivity contribution in [3.8, 4) is 5.75 Å². The van der Waals surface area contributed by atoms with E-state index >= 15 is 0 Å². The van der Waals surface area contributed by atoms with Crippen molar-refractivity contribution in [1.82, 2.24) is 5.32 Å². The van der Waals surface area contributed by atoms with E-state index in [1.165, 1.54) is 31.3 Å². The highest BCUT2D eigenvalue weighted by Crippen LogP contribution is 2.49. The number of alkyl carbamates (subject to hydrolysis) is 1. The van der Waals surface area contributed by atoms with E-state index in [1.54, 1.807) is 51.2 Å². The van der Waals surface area contributed by atoms with Crippen molar-refractivity contribution < 1.29 is 43.2 Å². The van der Waals surface area contributed by atoms with Gasteiger partial charge in [-0.2, -0.15) is 0 Å². The number of carbonyl (C=O) groups excluding carboxylic acids is 3. The topological polar surface area (TPSA) is 174 Å². The first-order chi connectivity index (χ1) is 23.6. The maximum Gasteiger partial charge on any atom is 0.412 e. The van der Waals surface area contributed by atoms with E-state index in [9.17, 15) is 19.5 Å². The second-order valence-electron chi connectivity index (χ2n) is 13.1. The number of methoxy groups -OCH3 is 2. The van der Waals surface area contributed by atoms with Gasteiger partial charge in [0.1, 0.15) is 34.7 Å². The average Bonchev–Trinajstić information content (AvgIpc) is 3.75. The lowest BCUT2D eigenvalue weighted by Gasteiger charge is -2.42. The number of halogens is 2. The number of nitrogen functional groups attached to an aromatic ring is 1. The van der Waals surface area contributed by atoms with E-state index < -0.39 is 59.8 Å². The second kappa shape index (κ2) is 14.7. The number of benzene rings is 2. The first-order valence-corrected chi connectivity index (χ1v) is 16.8. The smallest absolute Gasteiger partial charge is 0.412 e. The van der Waals surface area contributed by atoms with Gasteiger partial charge in [0.05, 0.1) is 36.0 Å². The minimum absolute atomic E-state index is 0.0445. The maximum atomic E-state index is 14.0. The molecule has 3 aliphatic heterocycles. The number of aliphatic hydroxyl groups is 1. The van der Waals surface area contributed by atoms with Crippen molar-refractivity contribution in [1.29, 1.82) is 0 Å². The number of fused-ring (bicyclic) bond motifs is 5. The molecule has 0 saturated carbocycles. The molecule has 0 spiro atoms. The molecule has 13 nitrogen and oxygen atoms in total. The third kappa shape index (κ3) is 7.82. The van der Waals surface area contributed by atoms with Crippen molar-refractivity contribution >= 4 is 58.4 Å². The monoisotopic (exact) mass is 732 g/mol. The summed E-state index contributed by atoms with van der Waals surface area (Å²) in [7, 11) is 4.49. The number of amides is 3. The molecule has 5 N–H and O–H groups in total. The van der Waals surface area contributed by atoms with Gasteiger partial charge >= 0.3 is 12.2 Å². The van der Waals surface area contributed by atoms with E-state index in [2.05, 4.69) is 10.6 Å². The SMILES string of the molecule is COc1cc2cc(c1Cl)N(C)C(=O)C[C@H](OC(=O)Nc1ccc(N)c(Cl)c1)[C@]1(C)O[C@H]1[C@H](C)[C@@H]1C[C@@](O)(NC(=O)O1)[C@H](OC)/C=C/C=C(\C)C2. The first-order valence-electron chi connectivity index (χ1n) is 16.0. The van der Waals surface area contributed by atoms with E-state index in [0.29, 0.717) is 29.2 Å². The fourth-order valence-corrected chi connectivity index (χ4v) is 6.98. The van der Waals surface area contributed by atoms with Gasteiger partial charge in [0.15, 0.2) is 5.72 Å². The molecule has 2 aromatic carbocycles. The van der Waals surface area contributed by atoms with Gasteiger partial charge < -0.3 is 39.4 Å². The van der Waals surface area contributed by atoms with Crippen LogP contribution in [0.1, 0.15) is 39.2 Å². The summed E-state index contributed by atoms with van der Waals surface area (Å²) in [6.45, 7) is 5.43. The zero-order valence-electron chi connectivity index (χ0n) is 28.6. The summed E-state index contributed by atoms with van der Waals surface area (Å²) in [5.74, 6) is -0.573. The number of nitrogens with zero attached hydrogens (tertiary/aromatic N) is 1. The molecule has 4 bridgehead atoms. The number of carbonyl (C=O) groups is 3. The van der Waals surface area contributed by atoms with E-state index in [4.69, 9.17) is 52.6 Å². The van der Waals surface area contributed by atoms with Crippen molar-refractivity contribution in [2.24, 2.45) is 5.92 Å². The van der Waals surface area contributed by atoms with Gasteiger partial charge in [-0.25, -0.2) is 9.59 Å². The fourth-order valence-electron chi connectivity index (χ4n) is 6.49. The normalized spacial score (nSPS) is 31.7. The average molecular weight is 734 g/mol. The molecule has 270 valence electrons. The summed E-state index contributed by atoms with van der Waals surface area (Å²) >= 11 is 12.9. The number of epoxide rings is 1. The number of nitrogens with one attached hydrogen (secondary N) is 2. The molecule has 0 unspecified atom stereocenters. The highest BCUT2D eigenvalue weighted by atomic mass is 35.5. The lowest BCUT2D eigenvalue weighted by Crippen LogP contribution is -2.63. The third-order valence-electron chi connectivity index (χ3n) is 9.45. The van der Waals surface area contributed by atoms with Crippen molar-refractivity contribution in [3.63, 3.8) is 0 Å². The molecule has 15 heteroatoms. The van der Waals surface area contributed by atoms with Crippen LogP contribution in [0.3, 0.4) is 0 Å². The molecule has 0 aliphatic carbocycles. The van der Waals surface area contributed by atoms with Gasteiger partial charge in [0.25, 0.3) is 0 Å². The van der Waals surface area contributed by atoms with Gasteiger partial charge in [-0.15, -0.1) is 0 Å². The quantitative estimate of drug-likeness (QED) is 0.229. The molecule has 5 rings (SSSR count). The van der Waals surface area contributed by atoms with E-state index in [1.807, 2.05) is 13.0 Å². The zero-order chi connectivity index (χ0) is 36.5. The predicted octanol–water partition coefficient (Wildman–Crippen LogP) is 5.61. The van der Waals surface area contributed by atoms with Gasteiger partial charge in [0.2, 0.25) is 5.91 Å². The van der Waals surface area contributed by atoms with Crippen LogP contribution in [0.15, 0.2) is 54.1 Å². The molecular formula is C35H42Cl2N4O9.